The molecule has 0 spiro atoms. The highest BCUT2D eigenvalue weighted by Gasteiger charge is 2.23. The average molecular weight is 288 g/mol. The van der Waals surface area contributed by atoms with Crippen molar-refractivity contribution in [1.29, 1.82) is 0 Å². The zero-order valence-electron chi connectivity index (χ0n) is 13.1. The van der Waals surface area contributed by atoms with Gasteiger partial charge in [-0.25, -0.2) is 0 Å². The second kappa shape index (κ2) is 8.18. The zero-order chi connectivity index (χ0) is 15.1. The molecule has 1 saturated heterocycles. The van der Waals surface area contributed by atoms with Crippen molar-refractivity contribution in [3.05, 3.63) is 35.9 Å². The lowest BCUT2D eigenvalue weighted by Gasteiger charge is -2.32. The summed E-state index contributed by atoms with van der Waals surface area (Å²) in [5.41, 5.74) is 6.97. The van der Waals surface area contributed by atoms with Crippen LogP contribution in [0.5, 0.6) is 0 Å². The molecule has 1 aromatic carbocycles. The summed E-state index contributed by atoms with van der Waals surface area (Å²) in [6, 6.07) is 10.7. The average Bonchev–Trinajstić information content (AvgIpc) is 2.54. The number of piperidine rings is 1. The second-order valence-corrected chi connectivity index (χ2v) is 6.29. The minimum atomic E-state index is 0.324. The molecule has 2 rings (SSSR count). The van der Waals surface area contributed by atoms with E-state index in [1.165, 1.54) is 5.56 Å². The molecule has 0 radical (unpaired) electrons. The first kappa shape index (κ1) is 16.0. The van der Waals surface area contributed by atoms with Gasteiger partial charge in [-0.15, -0.1) is 0 Å². The lowest BCUT2D eigenvalue weighted by atomic mass is 9.89. The summed E-state index contributed by atoms with van der Waals surface area (Å²) >= 11 is 0. The molecule has 3 nitrogen and oxygen atoms in total. The van der Waals surface area contributed by atoms with Crippen molar-refractivity contribution in [3.8, 4) is 0 Å². The minimum absolute atomic E-state index is 0.324. The molecular formula is C18H28N2O. The molecule has 1 atom stereocenters. The molecule has 0 aromatic heterocycles. The van der Waals surface area contributed by atoms with Crippen LogP contribution in [0.3, 0.4) is 0 Å². The van der Waals surface area contributed by atoms with Gasteiger partial charge in [0.1, 0.15) is 0 Å². The Morgan fingerprint density at radius 3 is 2.52 bits per heavy atom. The number of amides is 1. The van der Waals surface area contributed by atoms with E-state index in [1.54, 1.807) is 0 Å². The maximum absolute atomic E-state index is 12.2. The van der Waals surface area contributed by atoms with Crippen LogP contribution in [-0.4, -0.2) is 30.4 Å². The highest BCUT2D eigenvalue weighted by Crippen LogP contribution is 2.28. The highest BCUT2D eigenvalue weighted by molar-refractivity contribution is 5.76. The molecule has 1 aliphatic heterocycles. The fraction of sp³-hybridized carbons (Fsp3) is 0.611. The van der Waals surface area contributed by atoms with Crippen LogP contribution in [0.15, 0.2) is 30.3 Å². The lowest BCUT2D eigenvalue weighted by molar-refractivity contribution is -0.132. The summed E-state index contributed by atoms with van der Waals surface area (Å²) in [7, 11) is 0. The Morgan fingerprint density at radius 1 is 1.24 bits per heavy atom. The maximum atomic E-state index is 12.2. The molecule has 1 amide bonds. The zero-order valence-corrected chi connectivity index (χ0v) is 13.1. The number of benzene rings is 1. The third kappa shape index (κ3) is 4.85. The molecule has 1 fully saturated rings. The van der Waals surface area contributed by atoms with Crippen molar-refractivity contribution in [2.24, 2.45) is 11.7 Å². The summed E-state index contributed by atoms with van der Waals surface area (Å²) in [5, 5.41) is 0. The normalized spacial score (nSPS) is 17.7. The Balaban J connectivity index is 1.74. The standard InChI is InChI=1S/C18H28N2O/c1-15(9-12-19)7-8-18(21)20-13-10-17(11-14-20)16-5-3-2-4-6-16/h2-6,15,17H,7-14,19H2,1H3. The smallest absolute Gasteiger partial charge is 0.222 e. The molecule has 116 valence electrons. The lowest BCUT2D eigenvalue weighted by Crippen LogP contribution is -2.38. The predicted molar refractivity (Wildman–Crippen MR) is 87.1 cm³/mol. The first-order valence-corrected chi connectivity index (χ1v) is 8.23. The Kier molecular flexibility index (Phi) is 6.24. The molecule has 1 unspecified atom stereocenters. The van der Waals surface area contributed by atoms with Gasteiger partial charge in [0.05, 0.1) is 0 Å². The summed E-state index contributed by atoms with van der Waals surface area (Å²) < 4.78 is 0. The molecule has 1 heterocycles. The van der Waals surface area contributed by atoms with E-state index in [4.69, 9.17) is 5.73 Å². The number of rotatable bonds is 6. The number of nitrogens with zero attached hydrogens (tertiary/aromatic N) is 1. The molecule has 2 N–H and O–H groups in total. The fourth-order valence-electron chi connectivity index (χ4n) is 3.14. The van der Waals surface area contributed by atoms with E-state index >= 15 is 0 Å². The molecule has 3 heteroatoms. The van der Waals surface area contributed by atoms with E-state index < -0.39 is 0 Å². The van der Waals surface area contributed by atoms with Crippen molar-refractivity contribution in [3.63, 3.8) is 0 Å². The maximum Gasteiger partial charge on any atom is 0.222 e. The molecule has 1 aromatic rings. The SMILES string of the molecule is CC(CCN)CCC(=O)N1CCC(c2ccccc2)CC1. The third-order valence-electron chi connectivity index (χ3n) is 4.63. The number of hydrogen-bond acceptors (Lipinski definition) is 2. The first-order chi connectivity index (χ1) is 10.2. The van der Waals surface area contributed by atoms with E-state index in [-0.39, 0.29) is 0 Å². The van der Waals surface area contributed by atoms with Crippen LogP contribution in [0.1, 0.15) is 50.5 Å². The quantitative estimate of drug-likeness (QED) is 0.874. The monoisotopic (exact) mass is 288 g/mol. The highest BCUT2D eigenvalue weighted by atomic mass is 16.2. The number of hydrogen-bond donors (Lipinski definition) is 1. The van der Waals surface area contributed by atoms with Gasteiger partial charge in [0.2, 0.25) is 5.91 Å². The molecule has 0 aliphatic carbocycles. The number of carbonyl (C=O) groups is 1. The minimum Gasteiger partial charge on any atom is -0.343 e. The van der Waals surface area contributed by atoms with Crippen LogP contribution < -0.4 is 5.73 Å². The molecule has 1 aliphatic rings. The van der Waals surface area contributed by atoms with Gasteiger partial charge in [-0.2, -0.15) is 0 Å². The van der Waals surface area contributed by atoms with Gasteiger partial charge in [0, 0.05) is 19.5 Å². The molecular weight excluding hydrogens is 260 g/mol. The van der Waals surface area contributed by atoms with Crippen molar-refractivity contribution in [2.75, 3.05) is 19.6 Å². The topological polar surface area (TPSA) is 46.3 Å². The number of likely N-dealkylation sites (tertiary alicyclic amines) is 1. The van der Waals surface area contributed by atoms with Gasteiger partial charge in [-0.05, 0) is 49.6 Å². The number of carbonyl (C=O) groups excluding carboxylic acids is 1. The van der Waals surface area contributed by atoms with Crippen molar-refractivity contribution >= 4 is 5.91 Å². The summed E-state index contributed by atoms with van der Waals surface area (Å²) in [6.45, 7) is 4.72. The van der Waals surface area contributed by atoms with Crippen molar-refractivity contribution < 1.29 is 4.79 Å². The first-order valence-electron chi connectivity index (χ1n) is 8.23. The molecule has 21 heavy (non-hydrogen) atoms. The van der Waals surface area contributed by atoms with Gasteiger partial charge in [0.15, 0.2) is 0 Å². The Morgan fingerprint density at radius 2 is 1.90 bits per heavy atom. The second-order valence-electron chi connectivity index (χ2n) is 6.29. The Hall–Kier alpha value is -1.35. The van der Waals surface area contributed by atoms with Crippen LogP contribution in [-0.2, 0) is 4.79 Å². The summed E-state index contributed by atoms with van der Waals surface area (Å²) in [6.07, 6.45) is 4.84. The predicted octanol–water partition coefficient (Wildman–Crippen LogP) is 3.16. The number of nitrogens with two attached hydrogens (primary N) is 1. The summed E-state index contributed by atoms with van der Waals surface area (Å²) in [5.74, 6) is 1.50. The van der Waals surface area contributed by atoms with E-state index in [0.29, 0.717) is 24.2 Å². The Labute approximate surface area is 128 Å². The van der Waals surface area contributed by atoms with Crippen molar-refractivity contribution in [1.82, 2.24) is 4.90 Å². The van der Waals surface area contributed by atoms with Gasteiger partial charge in [0.25, 0.3) is 0 Å². The van der Waals surface area contributed by atoms with Crippen LogP contribution in [0.25, 0.3) is 0 Å². The van der Waals surface area contributed by atoms with Gasteiger partial charge >= 0.3 is 0 Å². The van der Waals surface area contributed by atoms with Crippen molar-refractivity contribution in [2.45, 2.75) is 44.9 Å². The fourth-order valence-corrected chi connectivity index (χ4v) is 3.14. The van der Waals surface area contributed by atoms with Gasteiger partial charge in [-0.1, -0.05) is 37.3 Å². The van der Waals surface area contributed by atoms with Crippen LogP contribution in [0, 0.1) is 5.92 Å². The van der Waals surface area contributed by atoms with E-state index in [0.717, 1.165) is 45.3 Å². The van der Waals surface area contributed by atoms with E-state index in [2.05, 4.69) is 42.2 Å². The third-order valence-corrected chi connectivity index (χ3v) is 4.63. The molecule has 0 saturated carbocycles. The van der Waals surface area contributed by atoms with Crippen LogP contribution in [0.4, 0.5) is 0 Å². The van der Waals surface area contributed by atoms with E-state index in [9.17, 15) is 4.79 Å². The van der Waals surface area contributed by atoms with Gasteiger partial charge < -0.3 is 10.6 Å². The Bertz CT molecular complexity index is 424. The molecule has 0 bridgehead atoms. The van der Waals surface area contributed by atoms with E-state index in [1.807, 2.05) is 0 Å². The van der Waals surface area contributed by atoms with Gasteiger partial charge in [-0.3, -0.25) is 4.79 Å². The van der Waals surface area contributed by atoms with Crippen LogP contribution >= 0.6 is 0 Å². The summed E-state index contributed by atoms with van der Waals surface area (Å²) in [4.78, 5) is 14.3. The van der Waals surface area contributed by atoms with Crippen LogP contribution in [0.2, 0.25) is 0 Å². The largest absolute Gasteiger partial charge is 0.343 e.